The van der Waals surface area contributed by atoms with E-state index < -0.39 is 0 Å². The lowest BCUT2D eigenvalue weighted by Crippen LogP contribution is -2.52. The van der Waals surface area contributed by atoms with Gasteiger partial charge in [-0.15, -0.1) is 12.4 Å². The molecule has 0 bridgehead atoms. The highest BCUT2D eigenvalue weighted by atomic mass is 35.5. The summed E-state index contributed by atoms with van der Waals surface area (Å²) in [7, 11) is 3.53. The molecule has 2 rings (SSSR count). The number of piperidine rings is 2. The van der Waals surface area contributed by atoms with Crippen LogP contribution in [-0.4, -0.2) is 73.0 Å². The van der Waals surface area contributed by atoms with E-state index in [0.717, 1.165) is 32.2 Å². The van der Waals surface area contributed by atoms with Crippen molar-refractivity contribution < 1.29 is 9.59 Å². The number of nitrogens with two attached hydrogens (primary N) is 1. The second-order valence-electron chi connectivity index (χ2n) is 6.36. The van der Waals surface area contributed by atoms with Gasteiger partial charge in [0.25, 0.3) is 0 Å². The molecule has 2 aliphatic heterocycles. The predicted molar refractivity (Wildman–Crippen MR) is 89.0 cm³/mol. The van der Waals surface area contributed by atoms with Crippen molar-refractivity contribution in [3.63, 3.8) is 0 Å². The molecule has 2 aliphatic rings. The number of carbonyl (C=O) groups is 2. The lowest BCUT2D eigenvalue weighted by Gasteiger charge is -2.40. The van der Waals surface area contributed by atoms with Gasteiger partial charge in [0, 0.05) is 52.2 Å². The van der Waals surface area contributed by atoms with Crippen LogP contribution in [0.3, 0.4) is 0 Å². The van der Waals surface area contributed by atoms with Gasteiger partial charge in [0.05, 0.1) is 0 Å². The fraction of sp³-hybridized carbons (Fsp3) is 0.867. The van der Waals surface area contributed by atoms with Gasteiger partial charge in [0.1, 0.15) is 0 Å². The minimum Gasteiger partial charge on any atom is -0.338 e. The summed E-state index contributed by atoms with van der Waals surface area (Å²) in [6.45, 7) is 2.75. The minimum absolute atomic E-state index is 0. The first-order valence-corrected chi connectivity index (χ1v) is 8.01. The average molecular weight is 333 g/mol. The maximum Gasteiger partial charge on any atom is 0.319 e. The number of halogens is 1. The lowest BCUT2D eigenvalue weighted by atomic mass is 9.92. The number of nitrogens with zero attached hydrogens (tertiary/aromatic N) is 3. The fourth-order valence-electron chi connectivity index (χ4n) is 3.37. The minimum atomic E-state index is 0. The molecule has 2 N–H and O–H groups in total. The van der Waals surface area contributed by atoms with Crippen molar-refractivity contribution >= 4 is 24.3 Å². The van der Waals surface area contributed by atoms with Gasteiger partial charge >= 0.3 is 6.03 Å². The topological polar surface area (TPSA) is 69.9 Å². The van der Waals surface area contributed by atoms with Crippen LogP contribution in [0.15, 0.2) is 0 Å². The molecule has 0 radical (unpaired) electrons. The number of hydrogen-bond donors (Lipinski definition) is 1. The molecule has 0 aromatic heterocycles. The van der Waals surface area contributed by atoms with Crippen LogP contribution in [-0.2, 0) is 4.79 Å². The number of hydrogen-bond acceptors (Lipinski definition) is 3. The summed E-state index contributed by atoms with van der Waals surface area (Å²) in [6, 6.07) is 0.256. The van der Waals surface area contributed by atoms with Gasteiger partial charge in [0.2, 0.25) is 5.91 Å². The Morgan fingerprint density at radius 1 is 1.09 bits per heavy atom. The van der Waals surface area contributed by atoms with Crippen molar-refractivity contribution in [2.24, 2.45) is 11.7 Å². The Labute approximate surface area is 139 Å². The van der Waals surface area contributed by atoms with E-state index in [2.05, 4.69) is 0 Å². The van der Waals surface area contributed by atoms with Crippen LogP contribution in [0.2, 0.25) is 0 Å². The maximum absolute atomic E-state index is 12.7. The molecule has 0 spiro atoms. The number of urea groups is 1. The van der Waals surface area contributed by atoms with Crippen LogP contribution in [0.5, 0.6) is 0 Å². The van der Waals surface area contributed by atoms with Crippen LogP contribution < -0.4 is 5.73 Å². The summed E-state index contributed by atoms with van der Waals surface area (Å²) in [6.07, 6.45) is 4.82. The van der Waals surface area contributed by atoms with E-state index in [4.69, 9.17) is 5.73 Å². The first-order chi connectivity index (χ1) is 10.0. The van der Waals surface area contributed by atoms with E-state index in [-0.39, 0.29) is 36.3 Å². The number of rotatable bonds is 2. The predicted octanol–water partition coefficient (Wildman–Crippen LogP) is 1.14. The third-order valence-corrected chi connectivity index (χ3v) is 4.68. The van der Waals surface area contributed by atoms with E-state index >= 15 is 0 Å². The van der Waals surface area contributed by atoms with Crippen molar-refractivity contribution in [3.05, 3.63) is 0 Å². The fourth-order valence-corrected chi connectivity index (χ4v) is 3.37. The highest BCUT2D eigenvalue weighted by Crippen LogP contribution is 2.24. The zero-order chi connectivity index (χ0) is 15.4. The molecule has 0 aromatic carbocycles. The molecule has 128 valence electrons. The largest absolute Gasteiger partial charge is 0.338 e. The molecule has 2 heterocycles. The van der Waals surface area contributed by atoms with Crippen molar-refractivity contribution in [3.8, 4) is 0 Å². The molecule has 3 amide bonds. The van der Waals surface area contributed by atoms with Gasteiger partial charge in [-0.25, -0.2) is 4.79 Å². The molecule has 22 heavy (non-hydrogen) atoms. The molecule has 2 saturated heterocycles. The van der Waals surface area contributed by atoms with Crippen LogP contribution >= 0.6 is 12.4 Å². The molecule has 1 unspecified atom stereocenters. The maximum atomic E-state index is 12.7. The van der Waals surface area contributed by atoms with E-state index in [1.54, 1.807) is 19.0 Å². The SMILES string of the molecule is CN(C)C(=O)N1CCC(C(=O)N2CCCCC2CN)CC1.Cl. The van der Waals surface area contributed by atoms with Gasteiger partial charge < -0.3 is 20.4 Å². The molecule has 0 saturated carbocycles. The Morgan fingerprint density at radius 2 is 1.73 bits per heavy atom. The normalized spacial score (nSPS) is 23.0. The number of carbonyl (C=O) groups excluding carboxylic acids is 2. The van der Waals surface area contributed by atoms with Crippen molar-refractivity contribution in [1.29, 1.82) is 0 Å². The summed E-state index contributed by atoms with van der Waals surface area (Å²) in [5, 5.41) is 0. The van der Waals surface area contributed by atoms with Gasteiger partial charge in [-0.2, -0.15) is 0 Å². The zero-order valence-corrected chi connectivity index (χ0v) is 14.5. The molecule has 1 atom stereocenters. The standard InChI is InChI=1S/C15H28N4O2.ClH/c1-17(2)15(21)18-9-6-12(7-10-18)14(20)19-8-4-3-5-13(19)11-16;/h12-13H,3-11,16H2,1-2H3;1H. The Morgan fingerprint density at radius 3 is 2.27 bits per heavy atom. The molecule has 7 heteroatoms. The van der Waals surface area contributed by atoms with Crippen LogP contribution in [0.4, 0.5) is 4.79 Å². The van der Waals surface area contributed by atoms with E-state index in [1.165, 1.54) is 6.42 Å². The third kappa shape index (κ3) is 4.26. The Hall–Kier alpha value is -1.01. The van der Waals surface area contributed by atoms with E-state index in [9.17, 15) is 9.59 Å². The monoisotopic (exact) mass is 332 g/mol. The van der Waals surface area contributed by atoms with Crippen molar-refractivity contribution in [2.45, 2.75) is 38.1 Å². The lowest BCUT2D eigenvalue weighted by molar-refractivity contribution is -0.140. The van der Waals surface area contributed by atoms with Gasteiger partial charge in [0.15, 0.2) is 0 Å². The molecule has 6 nitrogen and oxygen atoms in total. The van der Waals surface area contributed by atoms with Crippen molar-refractivity contribution in [1.82, 2.24) is 14.7 Å². The van der Waals surface area contributed by atoms with E-state index in [0.29, 0.717) is 19.6 Å². The highest BCUT2D eigenvalue weighted by Gasteiger charge is 2.34. The summed E-state index contributed by atoms with van der Waals surface area (Å²) in [5.41, 5.74) is 5.80. The Balaban J connectivity index is 0.00000242. The summed E-state index contributed by atoms with van der Waals surface area (Å²) >= 11 is 0. The number of amides is 3. The highest BCUT2D eigenvalue weighted by molar-refractivity contribution is 5.85. The van der Waals surface area contributed by atoms with Crippen molar-refractivity contribution in [2.75, 3.05) is 40.3 Å². The van der Waals surface area contributed by atoms with Crippen LogP contribution in [0.1, 0.15) is 32.1 Å². The summed E-state index contributed by atoms with van der Waals surface area (Å²) in [4.78, 5) is 30.0. The van der Waals surface area contributed by atoms with Crippen LogP contribution in [0.25, 0.3) is 0 Å². The molecule has 2 fully saturated rings. The second kappa shape index (κ2) is 8.58. The zero-order valence-electron chi connectivity index (χ0n) is 13.7. The average Bonchev–Trinajstić information content (AvgIpc) is 2.53. The summed E-state index contributed by atoms with van der Waals surface area (Å²) < 4.78 is 0. The van der Waals surface area contributed by atoms with Gasteiger partial charge in [-0.05, 0) is 32.1 Å². The van der Waals surface area contributed by atoms with E-state index in [1.807, 2.05) is 9.80 Å². The van der Waals surface area contributed by atoms with Gasteiger partial charge in [-0.1, -0.05) is 0 Å². The van der Waals surface area contributed by atoms with Gasteiger partial charge in [-0.3, -0.25) is 4.79 Å². The molecular formula is C15H29ClN4O2. The molecular weight excluding hydrogens is 304 g/mol. The Bertz CT molecular complexity index is 384. The molecule has 0 aromatic rings. The Kier molecular flexibility index (Phi) is 7.42. The third-order valence-electron chi connectivity index (χ3n) is 4.68. The second-order valence-corrected chi connectivity index (χ2v) is 6.36. The smallest absolute Gasteiger partial charge is 0.319 e. The summed E-state index contributed by atoms with van der Waals surface area (Å²) in [5.74, 6) is 0.311. The first kappa shape index (κ1) is 19.0. The van der Waals surface area contributed by atoms with Crippen LogP contribution in [0, 0.1) is 5.92 Å². The first-order valence-electron chi connectivity index (χ1n) is 8.01. The quantitative estimate of drug-likeness (QED) is 0.824. The number of likely N-dealkylation sites (tertiary alicyclic amines) is 2. The molecule has 0 aliphatic carbocycles.